The molecule has 366 valence electrons. The smallest absolute Gasteiger partial charge is 0.457 e. The molecule has 0 aromatic heterocycles. The molecule has 0 amide bonds. The summed E-state index contributed by atoms with van der Waals surface area (Å²) in [4.78, 5) is 23.0. The van der Waals surface area contributed by atoms with Crippen molar-refractivity contribution >= 4 is 13.8 Å². The van der Waals surface area contributed by atoms with Gasteiger partial charge < -0.3 is 18.9 Å². The van der Waals surface area contributed by atoms with E-state index in [-0.39, 0.29) is 25.8 Å². The summed E-state index contributed by atoms with van der Waals surface area (Å²) in [5.74, 6) is -0.325. The molecule has 0 heterocycles. The van der Waals surface area contributed by atoms with Gasteiger partial charge in [-0.2, -0.15) is 0 Å². The van der Waals surface area contributed by atoms with Crippen LogP contribution in [0.4, 0.5) is 0 Å². The molecular formula is C54H99NO7P+. The zero-order valence-corrected chi connectivity index (χ0v) is 42.4. The van der Waals surface area contributed by atoms with Crippen LogP contribution in [0.3, 0.4) is 0 Å². The van der Waals surface area contributed by atoms with Crippen LogP contribution in [-0.2, 0) is 27.9 Å². The van der Waals surface area contributed by atoms with E-state index in [1.54, 1.807) is 0 Å². The Morgan fingerprint density at radius 2 is 0.921 bits per heavy atom. The van der Waals surface area contributed by atoms with E-state index >= 15 is 0 Å². The molecule has 2 unspecified atom stereocenters. The first-order chi connectivity index (χ1) is 30.6. The van der Waals surface area contributed by atoms with E-state index in [0.29, 0.717) is 24.1 Å². The molecule has 0 aromatic carbocycles. The molecule has 0 saturated heterocycles. The fourth-order valence-corrected chi connectivity index (χ4v) is 7.59. The number of nitrogens with zero attached hydrogens (tertiary/aromatic N) is 1. The molecule has 0 saturated carbocycles. The van der Waals surface area contributed by atoms with Crippen LogP contribution < -0.4 is 0 Å². The number of phosphoric acid groups is 1. The standard InChI is InChI=1S/C54H98NO7P/c1-6-8-10-12-14-16-18-20-22-24-26-27-28-30-32-34-36-38-40-42-44-46-49-59-51-53(52-61-63(57,58)60-50-48-55(3,4)5)62-54(56)47-45-43-41-39-37-35-33-31-29-25-23-21-19-17-15-13-11-9-7-2/h8,10,14,16,20,22,26-27,30,32,36,38,53H,6-7,9,11-13,15,17-19,21,23-25,28-29,31,33-35,37,39-52H2,1-5H3/p+1/b10-8-,16-14-,22-20-,27-26-,32-30-,38-36-. The van der Waals surface area contributed by atoms with E-state index in [2.05, 4.69) is 86.8 Å². The first-order valence-corrected chi connectivity index (χ1v) is 27.2. The molecule has 9 heteroatoms. The topological polar surface area (TPSA) is 91.3 Å². The predicted octanol–water partition coefficient (Wildman–Crippen LogP) is 15.8. The van der Waals surface area contributed by atoms with Gasteiger partial charge in [0.05, 0.1) is 34.4 Å². The highest BCUT2D eigenvalue weighted by molar-refractivity contribution is 7.47. The lowest BCUT2D eigenvalue weighted by molar-refractivity contribution is -0.870. The monoisotopic (exact) mass is 905 g/mol. The molecule has 0 fully saturated rings. The molecule has 8 nitrogen and oxygen atoms in total. The Morgan fingerprint density at radius 3 is 1.37 bits per heavy atom. The van der Waals surface area contributed by atoms with Gasteiger partial charge in [0.2, 0.25) is 0 Å². The summed E-state index contributed by atoms with van der Waals surface area (Å²) in [5, 5.41) is 0. The van der Waals surface area contributed by atoms with Gasteiger partial charge in [-0.25, -0.2) is 4.57 Å². The molecule has 1 N–H and O–H groups in total. The molecular weight excluding hydrogens is 806 g/mol. The van der Waals surface area contributed by atoms with Crippen LogP contribution in [0.15, 0.2) is 72.9 Å². The Labute approximate surface area is 389 Å². The Balaban J connectivity index is 4.22. The van der Waals surface area contributed by atoms with E-state index in [4.69, 9.17) is 18.5 Å². The number of esters is 1. The van der Waals surface area contributed by atoms with Crippen LogP contribution in [0.1, 0.15) is 206 Å². The van der Waals surface area contributed by atoms with Crippen molar-refractivity contribution in [3.63, 3.8) is 0 Å². The molecule has 0 aliphatic rings. The highest BCUT2D eigenvalue weighted by Gasteiger charge is 2.26. The predicted molar refractivity (Wildman–Crippen MR) is 270 cm³/mol. The third kappa shape index (κ3) is 50.8. The number of rotatable bonds is 47. The summed E-state index contributed by atoms with van der Waals surface area (Å²) in [5.41, 5.74) is 0. The van der Waals surface area contributed by atoms with E-state index in [9.17, 15) is 14.3 Å². The van der Waals surface area contributed by atoms with Crippen LogP contribution in [0.5, 0.6) is 0 Å². The summed E-state index contributed by atoms with van der Waals surface area (Å²) in [6, 6.07) is 0. The second-order valence-corrected chi connectivity index (χ2v) is 19.6. The molecule has 0 aromatic rings. The van der Waals surface area contributed by atoms with Crippen LogP contribution in [0, 0.1) is 0 Å². The summed E-state index contributed by atoms with van der Waals surface area (Å²) >= 11 is 0. The Hall–Kier alpha value is -2.06. The van der Waals surface area contributed by atoms with Crippen molar-refractivity contribution in [1.82, 2.24) is 0 Å². The summed E-state index contributed by atoms with van der Waals surface area (Å²) in [7, 11) is 1.64. The van der Waals surface area contributed by atoms with Gasteiger partial charge in [0.1, 0.15) is 19.3 Å². The average molecular weight is 905 g/mol. The van der Waals surface area contributed by atoms with Gasteiger partial charge in [0.15, 0.2) is 0 Å². The number of allylic oxidation sites excluding steroid dienone is 12. The Morgan fingerprint density at radius 1 is 0.508 bits per heavy atom. The molecule has 0 rings (SSSR count). The van der Waals surface area contributed by atoms with Crippen molar-refractivity contribution in [1.29, 1.82) is 0 Å². The average Bonchev–Trinajstić information content (AvgIpc) is 3.24. The summed E-state index contributed by atoms with van der Waals surface area (Å²) < 4.78 is 35.1. The van der Waals surface area contributed by atoms with Crippen molar-refractivity contribution in [2.75, 3.05) is 54.1 Å². The lowest BCUT2D eigenvalue weighted by Gasteiger charge is -2.24. The highest BCUT2D eigenvalue weighted by atomic mass is 31.2. The number of unbranched alkanes of at least 4 members (excludes halogenated alkanes) is 21. The van der Waals surface area contributed by atoms with Crippen LogP contribution in [-0.4, -0.2) is 75.6 Å². The van der Waals surface area contributed by atoms with Gasteiger partial charge in [0.25, 0.3) is 0 Å². The van der Waals surface area contributed by atoms with Crippen molar-refractivity contribution in [2.24, 2.45) is 0 Å². The van der Waals surface area contributed by atoms with Gasteiger partial charge in [-0.05, 0) is 64.2 Å². The maximum Gasteiger partial charge on any atom is 0.472 e. The number of phosphoric ester groups is 1. The Kier molecular flexibility index (Phi) is 44.9. The molecule has 0 radical (unpaired) electrons. The maximum atomic E-state index is 12.8. The van der Waals surface area contributed by atoms with Gasteiger partial charge in [0, 0.05) is 13.0 Å². The van der Waals surface area contributed by atoms with E-state index < -0.39 is 13.9 Å². The normalized spacial score (nSPS) is 14.2. The molecule has 0 bridgehead atoms. The summed E-state index contributed by atoms with van der Waals surface area (Å²) in [6.07, 6.45) is 60.9. The van der Waals surface area contributed by atoms with E-state index in [1.165, 1.54) is 103 Å². The number of likely N-dealkylation sites (N-methyl/N-ethyl adjacent to an activating group) is 1. The number of hydrogen-bond donors (Lipinski definition) is 1. The van der Waals surface area contributed by atoms with Crippen LogP contribution >= 0.6 is 7.82 Å². The zero-order valence-electron chi connectivity index (χ0n) is 41.5. The van der Waals surface area contributed by atoms with Crippen LogP contribution in [0.2, 0.25) is 0 Å². The largest absolute Gasteiger partial charge is 0.472 e. The van der Waals surface area contributed by atoms with Crippen molar-refractivity contribution in [3.8, 4) is 0 Å². The number of hydrogen-bond acceptors (Lipinski definition) is 6. The lowest BCUT2D eigenvalue weighted by atomic mass is 10.0. The maximum absolute atomic E-state index is 12.8. The van der Waals surface area contributed by atoms with Gasteiger partial charge in [-0.1, -0.05) is 209 Å². The quantitative estimate of drug-likeness (QED) is 0.0214. The van der Waals surface area contributed by atoms with Gasteiger partial charge >= 0.3 is 13.8 Å². The summed E-state index contributed by atoms with van der Waals surface area (Å²) in [6.45, 7) is 5.44. The minimum Gasteiger partial charge on any atom is -0.457 e. The van der Waals surface area contributed by atoms with Crippen molar-refractivity contribution in [3.05, 3.63) is 72.9 Å². The van der Waals surface area contributed by atoms with Crippen molar-refractivity contribution in [2.45, 2.75) is 213 Å². The second-order valence-electron chi connectivity index (χ2n) is 18.2. The fraction of sp³-hybridized carbons (Fsp3) is 0.759. The Bertz CT molecular complexity index is 1230. The zero-order chi connectivity index (χ0) is 46.2. The first kappa shape index (κ1) is 60.9. The number of carbonyl (C=O) groups excluding carboxylic acids is 1. The molecule has 0 aliphatic heterocycles. The minimum atomic E-state index is -4.29. The van der Waals surface area contributed by atoms with Crippen LogP contribution in [0.25, 0.3) is 0 Å². The minimum absolute atomic E-state index is 0.0796. The first-order valence-electron chi connectivity index (χ1n) is 25.7. The van der Waals surface area contributed by atoms with E-state index in [0.717, 1.165) is 83.5 Å². The molecule has 2 atom stereocenters. The molecule has 63 heavy (non-hydrogen) atoms. The third-order valence-electron chi connectivity index (χ3n) is 10.8. The van der Waals surface area contributed by atoms with Crippen molar-refractivity contribution < 1.29 is 37.3 Å². The van der Waals surface area contributed by atoms with E-state index in [1.807, 2.05) is 21.1 Å². The SMILES string of the molecule is CC/C=C\C/C=C\C/C=C\C/C=C\C/C=C\C/C=C\CCCCCOCC(COP(=O)(O)OCC[N+](C)(C)C)OC(=O)CCCCCCCCCCCCCCCCCCCCC. The molecule has 0 spiro atoms. The third-order valence-corrected chi connectivity index (χ3v) is 11.8. The highest BCUT2D eigenvalue weighted by Crippen LogP contribution is 2.43. The number of ether oxygens (including phenoxy) is 2. The van der Waals surface area contributed by atoms with Gasteiger partial charge in [-0.15, -0.1) is 0 Å². The van der Waals surface area contributed by atoms with Gasteiger partial charge in [-0.3, -0.25) is 13.8 Å². The number of quaternary nitrogens is 1. The fourth-order valence-electron chi connectivity index (χ4n) is 6.85. The second kappa shape index (κ2) is 46.5. The lowest BCUT2D eigenvalue weighted by Crippen LogP contribution is -2.37. The number of carbonyl (C=O) groups is 1. The molecule has 0 aliphatic carbocycles.